The number of phenols is 2. The molecular weight excluding hydrogens is 608 g/mol. The molecule has 0 unspecified atom stereocenters. The molecule has 49 heavy (non-hydrogen) atoms. The monoisotopic (exact) mass is 668 g/mol. The Hall–Kier alpha value is -2.53. The molecule has 2 aromatic rings. The normalized spacial score (nSPS) is 38.9. The predicted octanol–water partition coefficient (Wildman–Crippen LogP) is 9.74. The summed E-state index contributed by atoms with van der Waals surface area (Å²) in [6.07, 6.45) is 20.7. The highest BCUT2D eigenvalue weighted by Crippen LogP contribution is 2.62. The Bertz CT molecular complexity index is 1530. The number of carbonyl (C=O) groups excluding carboxylic acids is 1. The van der Waals surface area contributed by atoms with E-state index in [1.165, 1.54) is 86.5 Å². The highest BCUT2D eigenvalue weighted by molar-refractivity contribution is 5.69. The van der Waals surface area contributed by atoms with E-state index in [0.717, 1.165) is 56.8 Å². The van der Waals surface area contributed by atoms with Crippen LogP contribution in [0.5, 0.6) is 11.5 Å². The van der Waals surface area contributed by atoms with Crippen molar-refractivity contribution in [3.05, 3.63) is 58.7 Å². The number of carbonyl (C=O) groups is 1. The molecule has 7 aliphatic carbocycles. The van der Waals surface area contributed by atoms with Crippen LogP contribution in [0.3, 0.4) is 0 Å². The van der Waals surface area contributed by atoms with Crippen molar-refractivity contribution in [3.8, 4) is 11.5 Å². The number of aliphatic hydroxyl groups excluding tert-OH is 1. The van der Waals surface area contributed by atoms with Crippen LogP contribution in [0.15, 0.2) is 36.4 Å². The Kier molecular flexibility index (Phi) is 9.07. The van der Waals surface area contributed by atoms with Crippen LogP contribution in [-0.4, -0.2) is 33.5 Å². The number of hydrogen-bond acceptors (Lipinski definition) is 5. The van der Waals surface area contributed by atoms with E-state index in [0.29, 0.717) is 47.5 Å². The number of phenolic OH excluding ortho intramolecular Hbond substituents is 2. The average Bonchev–Trinajstić information content (AvgIpc) is 3.81. The van der Waals surface area contributed by atoms with Crippen molar-refractivity contribution in [2.75, 3.05) is 0 Å². The lowest BCUT2D eigenvalue weighted by molar-refractivity contribution is -0.158. The van der Waals surface area contributed by atoms with Gasteiger partial charge in [0.15, 0.2) is 0 Å². The summed E-state index contributed by atoms with van der Waals surface area (Å²) in [7, 11) is 0. The second kappa shape index (κ2) is 13.2. The molecule has 0 aromatic heterocycles. The van der Waals surface area contributed by atoms with Crippen LogP contribution in [0.2, 0.25) is 0 Å². The van der Waals surface area contributed by atoms with Gasteiger partial charge in [0.1, 0.15) is 17.6 Å². The fourth-order valence-electron chi connectivity index (χ4n) is 13.1. The van der Waals surface area contributed by atoms with E-state index in [1.807, 2.05) is 24.3 Å². The molecule has 266 valence electrons. The van der Waals surface area contributed by atoms with E-state index in [4.69, 9.17) is 4.74 Å². The van der Waals surface area contributed by atoms with Gasteiger partial charge in [-0.3, -0.25) is 4.79 Å². The van der Waals surface area contributed by atoms with Crippen molar-refractivity contribution in [1.29, 1.82) is 0 Å². The number of aromatic hydroxyl groups is 2. The summed E-state index contributed by atoms with van der Waals surface area (Å²) >= 11 is 0. The zero-order chi connectivity index (χ0) is 33.9. The van der Waals surface area contributed by atoms with Gasteiger partial charge in [0, 0.05) is 11.8 Å². The van der Waals surface area contributed by atoms with Crippen LogP contribution in [0, 0.1) is 40.4 Å². The van der Waals surface area contributed by atoms with Gasteiger partial charge in [0.2, 0.25) is 0 Å². The zero-order valence-electron chi connectivity index (χ0n) is 30.0. The molecule has 0 radical (unpaired) electrons. The molecule has 0 spiro atoms. The Morgan fingerprint density at radius 2 is 1.27 bits per heavy atom. The van der Waals surface area contributed by atoms with E-state index in [-0.39, 0.29) is 29.0 Å². The lowest BCUT2D eigenvalue weighted by Gasteiger charge is -2.50. The fraction of sp³-hybridized carbons (Fsp3) is 0.705. The largest absolute Gasteiger partial charge is 0.508 e. The highest BCUT2D eigenvalue weighted by Gasteiger charge is 2.57. The summed E-state index contributed by atoms with van der Waals surface area (Å²) in [5.41, 5.74) is 5.96. The number of aryl methyl sites for hydroxylation is 2. The summed E-state index contributed by atoms with van der Waals surface area (Å²) in [6.45, 7) is 4.72. The molecule has 2 aromatic carbocycles. The van der Waals surface area contributed by atoms with E-state index in [1.54, 1.807) is 0 Å². The Morgan fingerprint density at radius 3 is 1.88 bits per heavy atom. The molecule has 3 N–H and O–H groups in total. The fourth-order valence-corrected chi connectivity index (χ4v) is 13.1. The summed E-state index contributed by atoms with van der Waals surface area (Å²) in [4.78, 5) is 12.6. The Labute approximate surface area is 294 Å². The molecule has 5 nitrogen and oxygen atoms in total. The summed E-state index contributed by atoms with van der Waals surface area (Å²) in [5.74, 6) is 5.68. The molecule has 0 aliphatic heterocycles. The van der Waals surface area contributed by atoms with Crippen LogP contribution in [0.4, 0.5) is 0 Å². The molecule has 10 atom stereocenters. The molecule has 5 saturated carbocycles. The van der Waals surface area contributed by atoms with Gasteiger partial charge in [-0.05, 0) is 177 Å². The van der Waals surface area contributed by atoms with Crippen molar-refractivity contribution in [2.24, 2.45) is 40.4 Å². The first-order valence-electron chi connectivity index (χ1n) is 20.1. The van der Waals surface area contributed by atoms with Gasteiger partial charge in [0.25, 0.3) is 0 Å². The van der Waals surface area contributed by atoms with E-state index >= 15 is 0 Å². The minimum absolute atomic E-state index is 0.0513. The maximum absolute atomic E-state index is 12.6. The highest BCUT2D eigenvalue weighted by atomic mass is 16.5. The first-order valence-corrected chi connectivity index (χ1v) is 20.1. The molecule has 0 saturated heterocycles. The van der Waals surface area contributed by atoms with E-state index in [9.17, 15) is 20.1 Å². The molecule has 0 heterocycles. The van der Waals surface area contributed by atoms with Gasteiger partial charge in [-0.15, -0.1) is 0 Å². The van der Waals surface area contributed by atoms with Crippen LogP contribution < -0.4 is 0 Å². The smallest absolute Gasteiger partial charge is 0.306 e. The lowest BCUT2D eigenvalue weighted by Crippen LogP contribution is -2.45. The predicted molar refractivity (Wildman–Crippen MR) is 193 cm³/mol. The van der Waals surface area contributed by atoms with Gasteiger partial charge in [-0.2, -0.15) is 0 Å². The topological polar surface area (TPSA) is 87.0 Å². The molecular formula is C44H60O5. The lowest BCUT2D eigenvalue weighted by atomic mass is 9.55. The standard InChI is InChI=1S/C26H36O3.C18H24O2/c1-26-15-14-21-20-10-8-19(27)16-18(20)7-9-22(21)23(26)11-12-24(26)29-25(28)13-6-17-4-2-3-5-17;1-18-9-8-14-13-5-3-12(19)10-11(13)2-4-15(14)16(18)6-7-17(18)20/h8,10,16-17,21-24,27H,2-7,9,11-15H2,1H3;3,5,10,14-17,19-20H,2,4,6-9H2,1H3/t21-,22-,23+,24+,26+;14-,15-,16+,17+,18+/m11/s1. The van der Waals surface area contributed by atoms with Crippen LogP contribution in [0.1, 0.15) is 151 Å². The zero-order valence-corrected chi connectivity index (χ0v) is 30.0. The van der Waals surface area contributed by atoms with Crippen molar-refractivity contribution in [1.82, 2.24) is 0 Å². The SMILES string of the molecule is C[C@]12CC[C@@H]3c4ccc(O)cc4CC[C@H]3[C@@H]1CC[C@@H]2O.C[C@]12CC[C@@H]3c4ccc(O)cc4CC[C@H]3[C@@H]1CC[C@@H]2OC(=O)CCC1CCCC1. The Balaban J connectivity index is 0.000000152. The van der Waals surface area contributed by atoms with Gasteiger partial charge in [-0.25, -0.2) is 0 Å². The molecule has 5 heteroatoms. The number of hydrogen-bond donors (Lipinski definition) is 3. The van der Waals surface area contributed by atoms with Crippen LogP contribution in [-0.2, 0) is 22.4 Å². The summed E-state index contributed by atoms with van der Waals surface area (Å²) in [6, 6.07) is 12.0. The molecule has 7 aliphatic rings. The number of esters is 1. The molecule has 0 amide bonds. The maximum Gasteiger partial charge on any atom is 0.306 e. The average molecular weight is 669 g/mol. The van der Waals surface area contributed by atoms with Gasteiger partial charge >= 0.3 is 5.97 Å². The first kappa shape index (κ1) is 33.6. The van der Waals surface area contributed by atoms with Crippen molar-refractivity contribution in [2.45, 2.75) is 153 Å². The number of fused-ring (bicyclic) bond motifs is 10. The van der Waals surface area contributed by atoms with Crippen molar-refractivity contribution in [3.63, 3.8) is 0 Å². The number of benzene rings is 2. The molecule has 5 fully saturated rings. The van der Waals surface area contributed by atoms with E-state index < -0.39 is 0 Å². The van der Waals surface area contributed by atoms with Gasteiger partial charge in [0.05, 0.1) is 6.10 Å². The second-order valence-corrected chi connectivity index (χ2v) is 18.0. The van der Waals surface area contributed by atoms with Gasteiger partial charge < -0.3 is 20.1 Å². The van der Waals surface area contributed by atoms with Crippen LogP contribution in [0.25, 0.3) is 0 Å². The third-order valence-electron chi connectivity index (χ3n) is 15.8. The Morgan fingerprint density at radius 1 is 0.714 bits per heavy atom. The van der Waals surface area contributed by atoms with E-state index in [2.05, 4.69) is 26.0 Å². The number of ether oxygens (including phenoxy) is 1. The minimum Gasteiger partial charge on any atom is -0.508 e. The molecule has 0 bridgehead atoms. The second-order valence-electron chi connectivity index (χ2n) is 18.0. The van der Waals surface area contributed by atoms with Crippen molar-refractivity contribution < 1.29 is 24.9 Å². The van der Waals surface area contributed by atoms with Crippen molar-refractivity contribution >= 4 is 5.97 Å². The molecule has 9 rings (SSSR count). The summed E-state index contributed by atoms with van der Waals surface area (Å²) < 4.78 is 6.14. The van der Waals surface area contributed by atoms with Crippen LogP contribution >= 0.6 is 0 Å². The quantitative estimate of drug-likeness (QED) is 0.283. The third-order valence-corrected chi connectivity index (χ3v) is 15.8. The summed E-state index contributed by atoms with van der Waals surface area (Å²) in [5, 5.41) is 29.9. The van der Waals surface area contributed by atoms with Gasteiger partial charge in [-0.1, -0.05) is 51.7 Å². The number of aliphatic hydroxyl groups is 1. The number of rotatable bonds is 4. The minimum atomic E-state index is -0.0883. The maximum atomic E-state index is 12.6. The third kappa shape index (κ3) is 6.02. The first-order chi connectivity index (χ1) is 23.6.